The van der Waals surface area contributed by atoms with Crippen LogP contribution >= 0.6 is 0 Å². The topological polar surface area (TPSA) is 47.3 Å². The van der Waals surface area contributed by atoms with Crippen molar-refractivity contribution in [1.29, 1.82) is 5.26 Å². The van der Waals surface area contributed by atoms with E-state index in [2.05, 4.69) is 6.07 Å². The summed E-state index contributed by atoms with van der Waals surface area (Å²) < 4.78 is 27.5. The maximum atomic E-state index is 14.0. The second-order valence-electron chi connectivity index (χ2n) is 5.81. The summed E-state index contributed by atoms with van der Waals surface area (Å²) in [6.45, 7) is 0.907. The first kappa shape index (κ1) is 15.6. The molecule has 0 unspecified atom stereocenters. The van der Waals surface area contributed by atoms with Gasteiger partial charge in [0.2, 0.25) is 0 Å². The number of halogens is 2. The van der Waals surface area contributed by atoms with Crippen LogP contribution in [0, 0.1) is 23.0 Å². The molecule has 0 bridgehead atoms. The Labute approximate surface area is 133 Å². The van der Waals surface area contributed by atoms with Gasteiger partial charge in [-0.15, -0.1) is 0 Å². The molecule has 0 aromatic heterocycles. The third-order valence-corrected chi connectivity index (χ3v) is 4.17. The van der Waals surface area contributed by atoms with E-state index >= 15 is 0 Å². The van der Waals surface area contributed by atoms with Crippen LogP contribution in [-0.2, 0) is 6.54 Å². The average molecular weight is 314 g/mol. The van der Waals surface area contributed by atoms with E-state index in [1.807, 2.05) is 17.0 Å². The number of benzene rings is 2. The third kappa shape index (κ3) is 3.39. The van der Waals surface area contributed by atoms with Crippen LogP contribution in [0.5, 0.6) is 0 Å². The summed E-state index contributed by atoms with van der Waals surface area (Å²) in [6, 6.07) is 12.2. The molecule has 0 spiro atoms. The molecule has 0 saturated carbocycles. The van der Waals surface area contributed by atoms with Crippen LogP contribution in [0.25, 0.3) is 0 Å². The Balaban J connectivity index is 1.84. The predicted molar refractivity (Wildman–Crippen MR) is 81.3 cm³/mol. The summed E-state index contributed by atoms with van der Waals surface area (Å²) in [5.41, 5.74) is 1.80. The van der Waals surface area contributed by atoms with Crippen LogP contribution in [0.1, 0.15) is 29.2 Å². The molecule has 2 atom stereocenters. The zero-order chi connectivity index (χ0) is 16.4. The Morgan fingerprint density at radius 2 is 1.91 bits per heavy atom. The number of β-amino-alcohol motifs (C(OH)–C–C–N with tert-alkyl or cyclic N) is 1. The molecule has 3 nitrogen and oxygen atoms in total. The van der Waals surface area contributed by atoms with Crippen LogP contribution in [0.2, 0.25) is 0 Å². The fourth-order valence-corrected chi connectivity index (χ4v) is 3.07. The third-order valence-electron chi connectivity index (χ3n) is 4.17. The summed E-state index contributed by atoms with van der Waals surface area (Å²) >= 11 is 0. The summed E-state index contributed by atoms with van der Waals surface area (Å²) in [5, 5.41) is 18.8. The first-order valence-electron chi connectivity index (χ1n) is 7.43. The molecule has 0 radical (unpaired) electrons. The van der Waals surface area contributed by atoms with Gasteiger partial charge >= 0.3 is 0 Å². The zero-order valence-corrected chi connectivity index (χ0v) is 12.4. The lowest BCUT2D eigenvalue weighted by molar-refractivity contribution is 0.172. The van der Waals surface area contributed by atoms with Gasteiger partial charge in [-0.3, -0.25) is 4.90 Å². The second kappa shape index (κ2) is 6.45. The summed E-state index contributed by atoms with van der Waals surface area (Å²) in [6.07, 6.45) is -0.197. The van der Waals surface area contributed by atoms with Crippen molar-refractivity contribution in [2.75, 3.05) is 6.54 Å². The van der Waals surface area contributed by atoms with E-state index in [4.69, 9.17) is 5.26 Å². The van der Waals surface area contributed by atoms with E-state index in [-0.39, 0.29) is 11.6 Å². The van der Waals surface area contributed by atoms with Crippen molar-refractivity contribution in [2.24, 2.45) is 0 Å². The second-order valence-corrected chi connectivity index (χ2v) is 5.81. The van der Waals surface area contributed by atoms with Crippen LogP contribution in [0.3, 0.4) is 0 Å². The fraction of sp³-hybridized carbons (Fsp3) is 0.278. The van der Waals surface area contributed by atoms with Crippen LogP contribution in [0.15, 0.2) is 42.5 Å². The molecule has 1 N–H and O–H groups in total. The number of hydrogen-bond acceptors (Lipinski definition) is 3. The number of likely N-dealkylation sites (tertiary alicyclic amines) is 1. The van der Waals surface area contributed by atoms with Gasteiger partial charge in [-0.1, -0.05) is 12.1 Å². The minimum atomic E-state index is -0.568. The molecule has 23 heavy (non-hydrogen) atoms. The van der Waals surface area contributed by atoms with Crippen molar-refractivity contribution >= 4 is 0 Å². The summed E-state index contributed by atoms with van der Waals surface area (Å²) in [5.74, 6) is -0.948. The SMILES string of the molecule is N#Cc1ccc(CN2C[C@H](O)C[C@H]2c2cc(F)ccc2F)cc1. The first-order chi connectivity index (χ1) is 11.1. The van der Waals surface area contributed by atoms with Gasteiger partial charge in [0.1, 0.15) is 11.6 Å². The van der Waals surface area contributed by atoms with Crippen molar-refractivity contribution in [1.82, 2.24) is 4.90 Å². The molecule has 3 rings (SSSR count). The van der Waals surface area contributed by atoms with E-state index in [1.165, 1.54) is 6.07 Å². The lowest BCUT2D eigenvalue weighted by Crippen LogP contribution is -2.25. The Morgan fingerprint density at radius 3 is 2.61 bits per heavy atom. The molecule has 2 aromatic carbocycles. The number of aliphatic hydroxyl groups excluding tert-OH is 1. The molecular weight excluding hydrogens is 298 g/mol. The standard InChI is InChI=1S/C18H16F2N2O/c19-14-5-6-17(20)16(7-14)18-8-15(23)11-22(18)10-13-3-1-12(9-21)2-4-13/h1-7,15,18,23H,8,10-11H2/t15-,18+/m1/s1. The van der Waals surface area contributed by atoms with Gasteiger partial charge in [-0.05, 0) is 42.3 Å². The minimum Gasteiger partial charge on any atom is -0.392 e. The van der Waals surface area contributed by atoms with Gasteiger partial charge in [0.05, 0.1) is 17.7 Å². The highest BCUT2D eigenvalue weighted by molar-refractivity contribution is 5.32. The molecule has 1 aliphatic rings. The average Bonchev–Trinajstić information content (AvgIpc) is 2.91. The van der Waals surface area contributed by atoms with E-state index < -0.39 is 17.7 Å². The number of rotatable bonds is 3. The Kier molecular flexibility index (Phi) is 4.37. The van der Waals surface area contributed by atoms with Gasteiger partial charge < -0.3 is 5.11 Å². The normalized spacial score (nSPS) is 21.3. The Hall–Kier alpha value is -2.29. The van der Waals surface area contributed by atoms with Gasteiger partial charge in [0.15, 0.2) is 0 Å². The minimum absolute atomic E-state index is 0.273. The maximum absolute atomic E-state index is 14.0. The molecule has 1 heterocycles. The Morgan fingerprint density at radius 1 is 1.17 bits per heavy atom. The van der Waals surface area contributed by atoms with E-state index in [0.29, 0.717) is 25.1 Å². The molecule has 1 fully saturated rings. The van der Waals surface area contributed by atoms with Crippen LogP contribution in [0.4, 0.5) is 8.78 Å². The predicted octanol–water partition coefficient (Wildman–Crippen LogP) is 3.14. The Bertz CT molecular complexity index is 740. The molecule has 0 aliphatic carbocycles. The van der Waals surface area contributed by atoms with Crippen molar-refractivity contribution in [3.63, 3.8) is 0 Å². The number of hydrogen-bond donors (Lipinski definition) is 1. The summed E-state index contributed by atoms with van der Waals surface area (Å²) in [7, 11) is 0. The molecule has 0 amide bonds. The smallest absolute Gasteiger partial charge is 0.128 e. The summed E-state index contributed by atoms with van der Waals surface area (Å²) in [4.78, 5) is 1.93. The van der Waals surface area contributed by atoms with Gasteiger partial charge in [0, 0.05) is 24.7 Å². The van der Waals surface area contributed by atoms with Gasteiger partial charge in [0.25, 0.3) is 0 Å². The monoisotopic (exact) mass is 314 g/mol. The molecule has 1 saturated heterocycles. The first-order valence-corrected chi connectivity index (χ1v) is 7.43. The largest absolute Gasteiger partial charge is 0.392 e. The zero-order valence-electron chi connectivity index (χ0n) is 12.4. The molecule has 5 heteroatoms. The molecule has 118 valence electrons. The van der Waals surface area contributed by atoms with Crippen molar-refractivity contribution in [3.8, 4) is 6.07 Å². The van der Waals surface area contributed by atoms with Crippen molar-refractivity contribution in [2.45, 2.75) is 25.1 Å². The van der Waals surface area contributed by atoms with Crippen LogP contribution in [-0.4, -0.2) is 22.7 Å². The van der Waals surface area contributed by atoms with E-state index in [0.717, 1.165) is 17.7 Å². The quantitative estimate of drug-likeness (QED) is 0.947. The molecule has 1 aliphatic heterocycles. The van der Waals surface area contributed by atoms with Gasteiger partial charge in [-0.25, -0.2) is 8.78 Å². The highest BCUT2D eigenvalue weighted by Crippen LogP contribution is 2.35. The molecule has 2 aromatic rings. The van der Waals surface area contributed by atoms with Crippen molar-refractivity contribution < 1.29 is 13.9 Å². The lowest BCUT2D eigenvalue weighted by atomic mass is 10.0. The number of nitrogens with zero attached hydrogens (tertiary/aromatic N) is 2. The van der Waals surface area contributed by atoms with Crippen LogP contribution < -0.4 is 0 Å². The lowest BCUT2D eigenvalue weighted by Gasteiger charge is -2.25. The number of aliphatic hydroxyl groups is 1. The van der Waals surface area contributed by atoms with Crippen molar-refractivity contribution in [3.05, 3.63) is 70.8 Å². The highest BCUT2D eigenvalue weighted by Gasteiger charge is 2.33. The van der Waals surface area contributed by atoms with E-state index in [9.17, 15) is 13.9 Å². The maximum Gasteiger partial charge on any atom is 0.128 e. The molecular formula is C18H16F2N2O. The highest BCUT2D eigenvalue weighted by atomic mass is 19.1. The van der Waals surface area contributed by atoms with E-state index in [1.54, 1.807) is 12.1 Å². The van der Waals surface area contributed by atoms with Gasteiger partial charge in [-0.2, -0.15) is 5.26 Å². The fourth-order valence-electron chi connectivity index (χ4n) is 3.07. The number of nitriles is 1.